The molecule has 1 unspecified atom stereocenters. The van der Waals surface area contributed by atoms with E-state index in [2.05, 4.69) is 5.32 Å². The molecule has 0 bridgehead atoms. The molecule has 5 rings (SSSR count). The molecule has 3 aliphatic rings. The van der Waals surface area contributed by atoms with Crippen LogP contribution in [-0.2, 0) is 26.2 Å². The van der Waals surface area contributed by atoms with Crippen LogP contribution in [0.25, 0.3) is 0 Å². The van der Waals surface area contributed by atoms with Gasteiger partial charge in [0.15, 0.2) is 0 Å². The fraction of sp³-hybridized carbons (Fsp3) is 0.375. The molecule has 2 aromatic rings. The van der Waals surface area contributed by atoms with Crippen molar-refractivity contribution in [3.05, 3.63) is 58.9 Å². The molecule has 1 atom stereocenters. The van der Waals surface area contributed by atoms with E-state index in [-0.39, 0.29) is 48.8 Å². The Hall–Kier alpha value is -3.31. The number of nitrogens with one attached hydrogen (secondary N) is 1. The maximum Gasteiger partial charge on any atom is 0.255 e. The summed E-state index contributed by atoms with van der Waals surface area (Å²) in [6.07, 6.45) is 0.378. The fourth-order valence-corrected chi connectivity index (χ4v) is 6.44. The van der Waals surface area contributed by atoms with Crippen LogP contribution in [0.1, 0.15) is 34.3 Å². The highest BCUT2D eigenvalue weighted by Crippen LogP contribution is 2.33. The van der Waals surface area contributed by atoms with Crippen molar-refractivity contribution in [3.8, 4) is 0 Å². The minimum absolute atomic E-state index is 0.145. The van der Waals surface area contributed by atoms with Crippen LogP contribution >= 0.6 is 0 Å². The summed E-state index contributed by atoms with van der Waals surface area (Å²) >= 11 is 0. The first-order valence-corrected chi connectivity index (χ1v) is 12.9. The number of benzene rings is 2. The maximum atomic E-state index is 15.1. The Morgan fingerprint density at radius 3 is 2.46 bits per heavy atom. The maximum absolute atomic E-state index is 15.1. The predicted molar refractivity (Wildman–Crippen MR) is 125 cm³/mol. The molecule has 3 aliphatic heterocycles. The van der Waals surface area contributed by atoms with Crippen LogP contribution in [0.3, 0.4) is 0 Å². The highest BCUT2D eigenvalue weighted by Gasteiger charge is 2.40. The van der Waals surface area contributed by atoms with Crippen molar-refractivity contribution in [2.24, 2.45) is 0 Å². The van der Waals surface area contributed by atoms with E-state index in [1.807, 2.05) is 13.0 Å². The largest absolute Gasteiger partial charge is 0.367 e. The number of carbonyl (C=O) groups excluding carboxylic acids is 3. The quantitative estimate of drug-likeness (QED) is 0.637. The monoisotopic (exact) mass is 500 g/mol. The molecule has 1 N–H and O–H groups in total. The zero-order chi connectivity index (χ0) is 24.9. The molecule has 11 heteroatoms. The van der Waals surface area contributed by atoms with Crippen molar-refractivity contribution >= 4 is 33.4 Å². The van der Waals surface area contributed by atoms with E-state index in [4.69, 9.17) is 0 Å². The smallest absolute Gasteiger partial charge is 0.255 e. The van der Waals surface area contributed by atoms with E-state index in [0.717, 1.165) is 5.56 Å². The van der Waals surface area contributed by atoms with Gasteiger partial charge in [-0.15, -0.1) is 0 Å². The van der Waals surface area contributed by atoms with E-state index in [0.29, 0.717) is 24.3 Å². The van der Waals surface area contributed by atoms with E-state index in [1.165, 1.54) is 15.3 Å². The summed E-state index contributed by atoms with van der Waals surface area (Å²) in [5, 5.41) is 2.25. The molecule has 0 aliphatic carbocycles. The molecule has 9 nitrogen and oxygen atoms in total. The number of aryl methyl sites for hydroxylation is 1. The number of carbonyl (C=O) groups is 3. The number of nitrogens with zero attached hydrogens (tertiary/aromatic N) is 3. The molecule has 35 heavy (non-hydrogen) atoms. The molecule has 0 radical (unpaired) electrons. The summed E-state index contributed by atoms with van der Waals surface area (Å²) in [5.74, 6) is -1.90. The third kappa shape index (κ3) is 4.19. The highest BCUT2D eigenvalue weighted by molar-refractivity contribution is 7.89. The first-order valence-electron chi connectivity index (χ1n) is 11.4. The Morgan fingerprint density at radius 2 is 1.77 bits per heavy atom. The molecule has 184 valence electrons. The Balaban J connectivity index is 1.31. The Labute approximate surface area is 202 Å². The lowest BCUT2D eigenvalue weighted by Gasteiger charge is -2.35. The van der Waals surface area contributed by atoms with Gasteiger partial charge in [0, 0.05) is 44.7 Å². The average molecular weight is 501 g/mol. The van der Waals surface area contributed by atoms with Crippen LogP contribution in [0.4, 0.5) is 10.1 Å². The number of rotatable bonds is 4. The minimum atomic E-state index is -3.65. The normalized spacial score (nSPS) is 21.3. The number of hydrogen-bond donors (Lipinski definition) is 1. The number of sulfonamides is 1. The van der Waals surface area contributed by atoms with Gasteiger partial charge in [-0.1, -0.05) is 12.1 Å². The van der Waals surface area contributed by atoms with Gasteiger partial charge in [0.2, 0.25) is 21.8 Å². The van der Waals surface area contributed by atoms with Crippen LogP contribution < -0.4 is 10.2 Å². The standard InChI is InChI=1S/C24H25FN4O5S/c1-15-3-2-4-17(11-15)35(33,34)28-9-7-27(8-10-28)21-12-16-14-29(24(32)18(16)13-19(21)25)20-5-6-22(30)26-23(20)31/h2-4,11-13,20H,5-10,14H2,1H3,(H,26,30,31). The third-order valence-corrected chi connectivity index (χ3v) is 8.69. The number of halogens is 1. The Morgan fingerprint density at radius 1 is 1.03 bits per heavy atom. The van der Waals surface area contributed by atoms with E-state index >= 15 is 4.39 Å². The summed E-state index contributed by atoms with van der Waals surface area (Å²) in [7, 11) is -3.65. The summed E-state index contributed by atoms with van der Waals surface area (Å²) in [6.45, 7) is 2.98. The van der Waals surface area contributed by atoms with Crippen molar-refractivity contribution in [1.82, 2.24) is 14.5 Å². The van der Waals surface area contributed by atoms with Crippen LogP contribution in [0.15, 0.2) is 41.3 Å². The van der Waals surface area contributed by atoms with E-state index < -0.39 is 33.7 Å². The molecule has 3 heterocycles. The second-order valence-electron chi connectivity index (χ2n) is 9.07. The number of amides is 3. The van der Waals surface area contributed by atoms with Gasteiger partial charge < -0.3 is 9.80 Å². The second-order valence-corrected chi connectivity index (χ2v) is 11.0. The third-order valence-electron chi connectivity index (χ3n) is 6.80. The topological polar surface area (TPSA) is 107 Å². The number of hydrogen-bond acceptors (Lipinski definition) is 6. The van der Waals surface area contributed by atoms with Gasteiger partial charge in [-0.05, 0) is 48.7 Å². The van der Waals surface area contributed by atoms with Crippen molar-refractivity contribution < 1.29 is 27.2 Å². The number of piperazine rings is 1. The van der Waals surface area contributed by atoms with Crippen molar-refractivity contribution in [1.29, 1.82) is 0 Å². The van der Waals surface area contributed by atoms with Gasteiger partial charge in [0.05, 0.1) is 10.6 Å². The van der Waals surface area contributed by atoms with Gasteiger partial charge in [0.25, 0.3) is 5.91 Å². The lowest BCUT2D eigenvalue weighted by molar-refractivity contribution is -0.136. The Kier molecular flexibility index (Phi) is 5.84. The molecule has 2 saturated heterocycles. The van der Waals surface area contributed by atoms with Crippen LogP contribution in [0.5, 0.6) is 0 Å². The number of imide groups is 1. The lowest BCUT2D eigenvalue weighted by atomic mass is 10.0. The van der Waals surface area contributed by atoms with Crippen LogP contribution in [0.2, 0.25) is 0 Å². The Bertz CT molecular complexity index is 1340. The number of anilines is 1. The van der Waals surface area contributed by atoms with E-state index in [1.54, 1.807) is 29.2 Å². The highest BCUT2D eigenvalue weighted by atomic mass is 32.2. The summed E-state index contributed by atoms with van der Waals surface area (Å²) in [6, 6.07) is 8.77. The first kappa shape index (κ1) is 23.4. The SMILES string of the molecule is Cc1cccc(S(=O)(=O)N2CCN(c3cc4c(cc3F)C(=O)N(C3CCC(=O)NC3=O)C4)CC2)c1. The summed E-state index contributed by atoms with van der Waals surface area (Å²) < 4.78 is 42.5. The molecule has 0 aromatic heterocycles. The van der Waals surface area contributed by atoms with Gasteiger partial charge >= 0.3 is 0 Å². The van der Waals surface area contributed by atoms with E-state index in [9.17, 15) is 22.8 Å². The van der Waals surface area contributed by atoms with Crippen molar-refractivity contribution in [2.75, 3.05) is 31.1 Å². The van der Waals surface area contributed by atoms with Crippen molar-refractivity contribution in [2.45, 2.75) is 37.2 Å². The van der Waals surface area contributed by atoms with Gasteiger partial charge in [-0.3, -0.25) is 19.7 Å². The van der Waals surface area contributed by atoms with Crippen LogP contribution in [0, 0.1) is 12.7 Å². The molecular weight excluding hydrogens is 475 g/mol. The van der Waals surface area contributed by atoms with Gasteiger partial charge in [0.1, 0.15) is 11.9 Å². The number of fused-ring (bicyclic) bond motifs is 1. The summed E-state index contributed by atoms with van der Waals surface area (Å²) in [5.41, 5.74) is 1.96. The molecule has 2 fully saturated rings. The first-order chi connectivity index (χ1) is 16.6. The van der Waals surface area contributed by atoms with Gasteiger partial charge in [-0.2, -0.15) is 4.31 Å². The van der Waals surface area contributed by atoms with Gasteiger partial charge in [-0.25, -0.2) is 12.8 Å². The molecule has 0 spiro atoms. The summed E-state index contributed by atoms with van der Waals surface area (Å²) in [4.78, 5) is 40.0. The lowest BCUT2D eigenvalue weighted by Crippen LogP contribution is -2.52. The zero-order valence-corrected chi connectivity index (χ0v) is 20.0. The van der Waals surface area contributed by atoms with Crippen LogP contribution in [-0.4, -0.2) is 67.6 Å². The molecule has 3 amide bonds. The molecule has 2 aromatic carbocycles. The molecule has 0 saturated carbocycles. The molecular formula is C24H25FN4O5S. The minimum Gasteiger partial charge on any atom is -0.367 e. The zero-order valence-electron chi connectivity index (χ0n) is 19.2. The fourth-order valence-electron chi connectivity index (χ4n) is 4.91. The number of piperidine rings is 1. The average Bonchev–Trinajstić information content (AvgIpc) is 3.14. The van der Waals surface area contributed by atoms with Crippen molar-refractivity contribution in [3.63, 3.8) is 0 Å². The predicted octanol–water partition coefficient (Wildman–Crippen LogP) is 1.41. The second kappa shape index (κ2) is 8.72.